The van der Waals surface area contributed by atoms with E-state index in [4.69, 9.17) is 0 Å². The van der Waals surface area contributed by atoms with Crippen LogP contribution in [0, 0.1) is 5.92 Å². The monoisotopic (exact) mass is 220 g/mol. The molecule has 0 heterocycles. The maximum Gasteiger partial charge on any atom is -0.00651 e. The number of thioether (sulfide) groups is 1. The number of thiol groups is 1. The topological polar surface area (TPSA) is 0 Å². The summed E-state index contributed by atoms with van der Waals surface area (Å²) in [6, 6.07) is 0. The lowest BCUT2D eigenvalue weighted by atomic mass is 10.2. The van der Waals surface area contributed by atoms with Gasteiger partial charge in [0.25, 0.3) is 0 Å². The second-order valence-corrected chi connectivity index (χ2v) is 5.60. The molecule has 0 saturated carbocycles. The molecule has 0 aromatic heterocycles. The fraction of sp³-hybridized carbons (Fsp3) is 1.00. The zero-order chi connectivity index (χ0) is 9.94. The highest BCUT2D eigenvalue weighted by Crippen LogP contribution is 2.11. The zero-order valence-corrected chi connectivity index (χ0v) is 10.8. The fourth-order valence-electron chi connectivity index (χ4n) is 1.09. The molecule has 0 unspecified atom stereocenters. The van der Waals surface area contributed by atoms with Gasteiger partial charge in [0.05, 0.1) is 0 Å². The van der Waals surface area contributed by atoms with E-state index in [9.17, 15) is 0 Å². The highest BCUT2D eigenvalue weighted by molar-refractivity contribution is 7.99. The van der Waals surface area contributed by atoms with Gasteiger partial charge in [-0.25, -0.2) is 0 Å². The summed E-state index contributed by atoms with van der Waals surface area (Å²) >= 11 is 6.32. The summed E-state index contributed by atoms with van der Waals surface area (Å²) in [5.41, 5.74) is 0. The second kappa shape index (κ2) is 10.8. The van der Waals surface area contributed by atoms with Gasteiger partial charge >= 0.3 is 0 Å². The highest BCUT2D eigenvalue weighted by atomic mass is 32.2. The zero-order valence-electron chi connectivity index (χ0n) is 9.09. The Morgan fingerprint density at radius 3 is 2.31 bits per heavy atom. The molecule has 0 fully saturated rings. The Morgan fingerprint density at radius 2 is 1.69 bits per heavy atom. The maximum atomic E-state index is 4.20. The molecule has 0 nitrogen and oxygen atoms in total. The van der Waals surface area contributed by atoms with Gasteiger partial charge in [-0.05, 0) is 42.4 Å². The molecule has 0 aromatic rings. The van der Waals surface area contributed by atoms with E-state index in [0.717, 1.165) is 11.7 Å². The Morgan fingerprint density at radius 1 is 1.00 bits per heavy atom. The Labute approximate surface area is 93.7 Å². The van der Waals surface area contributed by atoms with E-state index in [1.54, 1.807) is 0 Å². The van der Waals surface area contributed by atoms with Crippen molar-refractivity contribution >= 4 is 24.4 Å². The number of hydrogen-bond donors (Lipinski definition) is 1. The molecule has 0 radical (unpaired) electrons. The van der Waals surface area contributed by atoms with Gasteiger partial charge < -0.3 is 0 Å². The summed E-state index contributed by atoms with van der Waals surface area (Å²) in [5.74, 6) is 4.64. The molecule has 0 amide bonds. The molecule has 2 heteroatoms. The lowest BCUT2D eigenvalue weighted by molar-refractivity contribution is 0.631. The van der Waals surface area contributed by atoms with Gasteiger partial charge in [-0.15, -0.1) is 0 Å². The summed E-state index contributed by atoms with van der Waals surface area (Å²) in [6.45, 7) is 4.60. The van der Waals surface area contributed by atoms with Crippen LogP contribution in [0.5, 0.6) is 0 Å². The van der Waals surface area contributed by atoms with Gasteiger partial charge in [0.15, 0.2) is 0 Å². The van der Waals surface area contributed by atoms with Crippen molar-refractivity contribution in [1.82, 2.24) is 0 Å². The van der Waals surface area contributed by atoms with Crippen LogP contribution in [-0.2, 0) is 0 Å². The van der Waals surface area contributed by atoms with Gasteiger partial charge in [-0.3, -0.25) is 0 Å². The van der Waals surface area contributed by atoms with Gasteiger partial charge in [0, 0.05) is 0 Å². The predicted molar refractivity (Wildman–Crippen MR) is 69.1 cm³/mol. The van der Waals surface area contributed by atoms with E-state index in [1.807, 2.05) is 0 Å². The molecule has 0 aliphatic carbocycles. The minimum absolute atomic E-state index is 0.872. The summed E-state index contributed by atoms with van der Waals surface area (Å²) in [4.78, 5) is 0. The number of hydrogen-bond acceptors (Lipinski definition) is 2. The van der Waals surface area contributed by atoms with Crippen LogP contribution in [0.15, 0.2) is 0 Å². The fourth-order valence-corrected chi connectivity index (χ4v) is 2.56. The minimum Gasteiger partial charge on any atom is -0.179 e. The van der Waals surface area contributed by atoms with Crippen molar-refractivity contribution in [2.75, 3.05) is 17.3 Å². The van der Waals surface area contributed by atoms with Crippen LogP contribution in [0.2, 0.25) is 0 Å². The quantitative estimate of drug-likeness (QED) is 0.447. The van der Waals surface area contributed by atoms with Crippen molar-refractivity contribution in [2.45, 2.75) is 46.0 Å². The van der Waals surface area contributed by atoms with Crippen LogP contribution in [0.3, 0.4) is 0 Å². The predicted octanol–water partition coefficient (Wildman–Crippen LogP) is 4.26. The normalized spacial score (nSPS) is 11.1. The number of unbranched alkanes of at least 4 members (excludes halogenated alkanes) is 3. The average Bonchev–Trinajstić information content (AvgIpc) is 2.09. The summed E-state index contributed by atoms with van der Waals surface area (Å²) in [6.07, 6.45) is 6.83. The van der Waals surface area contributed by atoms with Crippen LogP contribution in [0.1, 0.15) is 46.0 Å². The van der Waals surface area contributed by atoms with Crippen LogP contribution in [0.4, 0.5) is 0 Å². The molecule has 0 aliphatic rings. The van der Waals surface area contributed by atoms with E-state index in [1.165, 1.54) is 43.6 Å². The molecule has 80 valence electrons. The first kappa shape index (κ1) is 13.7. The van der Waals surface area contributed by atoms with Crippen molar-refractivity contribution in [2.24, 2.45) is 5.92 Å². The Balaban J connectivity index is 2.84. The summed E-state index contributed by atoms with van der Waals surface area (Å²) in [5, 5.41) is 0. The molecule has 0 aliphatic heterocycles. The third kappa shape index (κ3) is 12.7. The molecule has 0 spiro atoms. The molecule has 0 bridgehead atoms. The van der Waals surface area contributed by atoms with Crippen molar-refractivity contribution < 1.29 is 0 Å². The van der Waals surface area contributed by atoms with Crippen molar-refractivity contribution in [3.63, 3.8) is 0 Å². The summed E-state index contributed by atoms with van der Waals surface area (Å²) in [7, 11) is 0. The van der Waals surface area contributed by atoms with Gasteiger partial charge in [-0.2, -0.15) is 24.4 Å². The van der Waals surface area contributed by atoms with E-state index >= 15 is 0 Å². The van der Waals surface area contributed by atoms with Crippen molar-refractivity contribution in [1.29, 1.82) is 0 Å². The van der Waals surface area contributed by atoms with Crippen LogP contribution in [0.25, 0.3) is 0 Å². The van der Waals surface area contributed by atoms with E-state index in [0.29, 0.717) is 0 Å². The first-order chi connectivity index (χ1) is 6.27. The van der Waals surface area contributed by atoms with Gasteiger partial charge in [-0.1, -0.05) is 26.7 Å². The molecular weight excluding hydrogens is 196 g/mol. The maximum absolute atomic E-state index is 4.20. The molecule has 0 N–H and O–H groups in total. The SMILES string of the molecule is CC(C)CCSCCCCCCS. The molecule has 13 heavy (non-hydrogen) atoms. The number of rotatable bonds is 9. The lowest BCUT2D eigenvalue weighted by Gasteiger charge is -2.03. The van der Waals surface area contributed by atoms with Crippen LogP contribution in [-0.4, -0.2) is 17.3 Å². The lowest BCUT2D eigenvalue weighted by Crippen LogP contribution is -1.91. The minimum atomic E-state index is 0.872. The van der Waals surface area contributed by atoms with E-state index < -0.39 is 0 Å². The largest absolute Gasteiger partial charge is 0.179 e. The average molecular weight is 220 g/mol. The van der Waals surface area contributed by atoms with E-state index in [2.05, 4.69) is 38.2 Å². The van der Waals surface area contributed by atoms with Crippen molar-refractivity contribution in [3.8, 4) is 0 Å². The smallest absolute Gasteiger partial charge is 0.00651 e. The molecule has 0 atom stereocenters. The molecule has 0 saturated heterocycles. The molecular formula is C11H24S2. The first-order valence-corrected chi connectivity index (χ1v) is 7.24. The third-order valence-electron chi connectivity index (χ3n) is 2.04. The van der Waals surface area contributed by atoms with Crippen LogP contribution >= 0.6 is 24.4 Å². The Bertz CT molecular complexity index is 92.1. The Kier molecular flexibility index (Phi) is 11.4. The summed E-state index contributed by atoms with van der Waals surface area (Å²) < 4.78 is 0. The van der Waals surface area contributed by atoms with Gasteiger partial charge in [0.1, 0.15) is 0 Å². The van der Waals surface area contributed by atoms with Gasteiger partial charge in [0.2, 0.25) is 0 Å². The van der Waals surface area contributed by atoms with Crippen molar-refractivity contribution in [3.05, 3.63) is 0 Å². The first-order valence-electron chi connectivity index (χ1n) is 5.46. The standard InChI is InChI=1S/C11H24S2/c1-11(2)7-10-13-9-6-4-3-5-8-12/h11-12H,3-10H2,1-2H3. The third-order valence-corrected chi connectivity index (χ3v) is 3.45. The van der Waals surface area contributed by atoms with E-state index in [-0.39, 0.29) is 0 Å². The Hall–Kier alpha value is 0.700. The highest BCUT2D eigenvalue weighted by Gasteiger charge is 1.94. The second-order valence-electron chi connectivity index (χ2n) is 3.93. The molecule has 0 rings (SSSR count). The van der Waals surface area contributed by atoms with Crippen LogP contribution < -0.4 is 0 Å². The molecule has 0 aromatic carbocycles.